The molecule has 1 aromatic heterocycles. The van der Waals surface area contributed by atoms with Gasteiger partial charge in [0.05, 0.1) is 0 Å². The van der Waals surface area contributed by atoms with Crippen LogP contribution in [0.2, 0.25) is 0 Å². The van der Waals surface area contributed by atoms with E-state index in [9.17, 15) is 9.59 Å². The maximum atomic E-state index is 11.2. The minimum atomic E-state index is -0.644. The van der Waals surface area contributed by atoms with Gasteiger partial charge in [0.1, 0.15) is 0 Å². The van der Waals surface area contributed by atoms with E-state index in [0.29, 0.717) is 26.2 Å². The van der Waals surface area contributed by atoms with Crippen molar-refractivity contribution in [1.29, 1.82) is 0 Å². The summed E-state index contributed by atoms with van der Waals surface area (Å²) in [6.07, 6.45) is 4.26. The van der Waals surface area contributed by atoms with Gasteiger partial charge in [-0.1, -0.05) is 0 Å². The molecule has 7 nitrogen and oxygen atoms in total. The van der Waals surface area contributed by atoms with Crippen LogP contribution in [-0.2, 0) is 16.1 Å². The van der Waals surface area contributed by atoms with Gasteiger partial charge >= 0.3 is 11.8 Å². The smallest absolute Gasteiger partial charge is 0.309 e. The second kappa shape index (κ2) is 7.39. The fourth-order valence-corrected chi connectivity index (χ4v) is 1.22. The van der Waals surface area contributed by atoms with Gasteiger partial charge in [-0.2, -0.15) is 5.10 Å². The van der Waals surface area contributed by atoms with E-state index >= 15 is 0 Å². The molecule has 0 aliphatic carbocycles. The van der Waals surface area contributed by atoms with Crippen molar-refractivity contribution in [2.45, 2.75) is 13.0 Å². The van der Waals surface area contributed by atoms with Crippen molar-refractivity contribution in [2.75, 3.05) is 19.6 Å². The molecule has 0 saturated heterocycles. The summed E-state index contributed by atoms with van der Waals surface area (Å²) in [4.78, 5) is 22.4. The normalized spacial score (nSPS) is 9.94. The molecule has 7 heteroatoms. The van der Waals surface area contributed by atoms with Crippen molar-refractivity contribution in [3.05, 3.63) is 18.5 Å². The summed E-state index contributed by atoms with van der Waals surface area (Å²) < 4.78 is 1.76. The van der Waals surface area contributed by atoms with Crippen molar-refractivity contribution >= 4 is 11.8 Å². The van der Waals surface area contributed by atoms with Crippen molar-refractivity contribution < 1.29 is 9.59 Å². The molecule has 17 heavy (non-hydrogen) atoms. The van der Waals surface area contributed by atoms with Gasteiger partial charge in [0.2, 0.25) is 0 Å². The second-order valence-electron chi connectivity index (χ2n) is 3.42. The van der Waals surface area contributed by atoms with Gasteiger partial charge in [-0.05, 0) is 12.5 Å². The maximum absolute atomic E-state index is 11.2. The lowest BCUT2D eigenvalue weighted by Gasteiger charge is -2.05. The first kappa shape index (κ1) is 13.2. The molecule has 4 N–H and O–H groups in total. The lowest BCUT2D eigenvalue weighted by molar-refractivity contribution is -0.139. The molecule has 1 rings (SSSR count). The first-order valence-corrected chi connectivity index (χ1v) is 5.47. The number of aromatic nitrogens is 2. The molecule has 94 valence electrons. The zero-order valence-electron chi connectivity index (χ0n) is 9.56. The molecular weight excluding hydrogens is 222 g/mol. The summed E-state index contributed by atoms with van der Waals surface area (Å²) >= 11 is 0. The molecule has 0 bridgehead atoms. The Labute approximate surface area is 99.4 Å². The molecule has 1 heterocycles. The Morgan fingerprint density at radius 3 is 2.53 bits per heavy atom. The number of nitrogens with one attached hydrogen (secondary N) is 2. The highest BCUT2D eigenvalue weighted by atomic mass is 16.2. The standard InChI is InChI=1S/C10H17N5O2/c11-3-6-13-10(17)9(16)12-4-1-7-15-8-2-5-14-15/h2,5,8H,1,3-4,6-7,11H2,(H,12,16)(H,13,17). The number of nitrogens with zero attached hydrogens (tertiary/aromatic N) is 2. The molecule has 0 radical (unpaired) electrons. The average Bonchev–Trinajstić information content (AvgIpc) is 2.84. The van der Waals surface area contributed by atoms with Crippen LogP contribution in [0.5, 0.6) is 0 Å². The maximum Gasteiger partial charge on any atom is 0.309 e. The van der Waals surface area contributed by atoms with E-state index in [0.717, 1.165) is 6.42 Å². The van der Waals surface area contributed by atoms with Crippen LogP contribution in [0.15, 0.2) is 18.5 Å². The zero-order chi connectivity index (χ0) is 12.5. The van der Waals surface area contributed by atoms with Crippen molar-refractivity contribution in [3.63, 3.8) is 0 Å². The highest BCUT2D eigenvalue weighted by Gasteiger charge is 2.10. The number of hydrogen-bond donors (Lipinski definition) is 3. The number of nitrogens with two attached hydrogens (primary N) is 1. The van der Waals surface area contributed by atoms with Crippen LogP contribution in [-0.4, -0.2) is 41.2 Å². The Morgan fingerprint density at radius 1 is 1.24 bits per heavy atom. The lowest BCUT2D eigenvalue weighted by atomic mass is 10.4. The summed E-state index contributed by atoms with van der Waals surface area (Å²) in [6, 6.07) is 1.83. The lowest BCUT2D eigenvalue weighted by Crippen LogP contribution is -2.42. The number of carbonyl (C=O) groups excluding carboxylic acids is 2. The van der Waals surface area contributed by atoms with E-state index in [1.54, 1.807) is 10.9 Å². The topological polar surface area (TPSA) is 102 Å². The fraction of sp³-hybridized carbons (Fsp3) is 0.500. The predicted octanol–water partition coefficient (Wildman–Crippen LogP) is -1.54. The van der Waals surface area contributed by atoms with Crippen LogP contribution in [0.3, 0.4) is 0 Å². The monoisotopic (exact) mass is 239 g/mol. The van der Waals surface area contributed by atoms with Gasteiger partial charge in [0.15, 0.2) is 0 Å². The Balaban J connectivity index is 2.09. The van der Waals surface area contributed by atoms with Crippen LogP contribution in [0.1, 0.15) is 6.42 Å². The molecule has 0 fully saturated rings. The molecule has 0 aliphatic rings. The summed E-state index contributed by atoms with van der Waals surface area (Å²) in [5.41, 5.74) is 5.20. The summed E-state index contributed by atoms with van der Waals surface area (Å²) in [5.74, 6) is -1.27. The highest BCUT2D eigenvalue weighted by Crippen LogP contribution is 1.87. The third kappa shape index (κ3) is 5.12. The van der Waals surface area contributed by atoms with Crippen molar-refractivity contribution in [1.82, 2.24) is 20.4 Å². The van der Waals surface area contributed by atoms with Gasteiger partial charge in [-0.25, -0.2) is 0 Å². The van der Waals surface area contributed by atoms with Crippen LogP contribution >= 0.6 is 0 Å². The number of amides is 2. The van der Waals surface area contributed by atoms with Crippen LogP contribution in [0.25, 0.3) is 0 Å². The number of rotatable bonds is 6. The second-order valence-corrected chi connectivity index (χ2v) is 3.42. The molecule has 0 saturated carbocycles. The van der Waals surface area contributed by atoms with Crippen LogP contribution in [0.4, 0.5) is 0 Å². The molecular formula is C10H17N5O2. The van der Waals surface area contributed by atoms with E-state index in [4.69, 9.17) is 5.73 Å². The Kier molecular flexibility index (Phi) is 5.73. The molecule has 0 unspecified atom stereocenters. The molecule has 1 aromatic rings. The number of aryl methyl sites for hydroxylation is 1. The minimum absolute atomic E-state index is 0.305. The van der Waals surface area contributed by atoms with Gasteiger partial charge in [0.25, 0.3) is 0 Å². The quantitative estimate of drug-likeness (QED) is 0.414. The molecule has 0 atom stereocenters. The van der Waals surface area contributed by atoms with Crippen molar-refractivity contribution in [3.8, 4) is 0 Å². The summed E-state index contributed by atoms with van der Waals surface area (Å²) in [7, 11) is 0. The molecule has 2 amide bonds. The SMILES string of the molecule is NCCNC(=O)C(=O)NCCCn1cccn1. The fourth-order valence-electron chi connectivity index (χ4n) is 1.22. The van der Waals surface area contributed by atoms with Crippen LogP contribution in [0, 0.1) is 0 Å². The van der Waals surface area contributed by atoms with Gasteiger partial charge < -0.3 is 16.4 Å². The minimum Gasteiger partial charge on any atom is -0.348 e. The number of hydrogen-bond acceptors (Lipinski definition) is 4. The molecule has 0 aromatic carbocycles. The Bertz CT molecular complexity index is 350. The zero-order valence-corrected chi connectivity index (χ0v) is 9.56. The van der Waals surface area contributed by atoms with E-state index < -0.39 is 11.8 Å². The van der Waals surface area contributed by atoms with E-state index in [1.807, 2.05) is 12.3 Å². The Morgan fingerprint density at radius 2 is 1.94 bits per heavy atom. The first-order valence-electron chi connectivity index (χ1n) is 5.47. The van der Waals surface area contributed by atoms with Gasteiger partial charge in [-0.3, -0.25) is 14.3 Å². The summed E-state index contributed by atoms with van der Waals surface area (Å²) in [6.45, 7) is 1.77. The summed E-state index contributed by atoms with van der Waals surface area (Å²) in [5, 5.41) is 8.93. The van der Waals surface area contributed by atoms with Crippen LogP contribution < -0.4 is 16.4 Å². The Hall–Kier alpha value is -1.89. The van der Waals surface area contributed by atoms with Gasteiger partial charge in [-0.15, -0.1) is 0 Å². The van der Waals surface area contributed by atoms with Crippen molar-refractivity contribution in [2.24, 2.45) is 5.73 Å². The van der Waals surface area contributed by atoms with E-state index in [-0.39, 0.29) is 0 Å². The molecule has 0 spiro atoms. The van der Waals surface area contributed by atoms with Gasteiger partial charge in [0, 0.05) is 38.6 Å². The predicted molar refractivity (Wildman–Crippen MR) is 61.9 cm³/mol. The molecule has 0 aliphatic heterocycles. The van der Waals surface area contributed by atoms with E-state index in [1.165, 1.54) is 0 Å². The average molecular weight is 239 g/mol. The number of carbonyl (C=O) groups is 2. The highest BCUT2D eigenvalue weighted by molar-refractivity contribution is 6.35. The first-order chi connectivity index (χ1) is 8.24. The largest absolute Gasteiger partial charge is 0.348 e. The van der Waals surface area contributed by atoms with E-state index in [2.05, 4.69) is 15.7 Å². The third-order valence-electron chi connectivity index (χ3n) is 2.04. The third-order valence-corrected chi connectivity index (χ3v) is 2.04.